The summed E-state index contributed by atoms with van der Waals surface area (Å²) in [7, 11) is 4.14. The van der Waals surface area contributed by atoms with Crippen molar-refractivity contribution in [2.24, 2.45) is 7.05 Å². The highest BCUT2D eigenvalue weighted by molar-refractivity contribution is 6.36. The molecule has 1 saturated heterocycles. The molecule has 0 aliphatic carbocycles. The van der Waals surface area contributed by atoms with Gasteiger partial charge < -0.3 is 14.8 Å². The number of aromatic nitrogens is 2. The molecule has 3 aromatic rings. The first-order valence-corrected chi connectivity index (χ1v) is 9.99. The van der Waals surface area contributed by atoms with Crippen LogP contribution in [0.2, 0.25) is 5.02 Å². The molecule has 6 heteroatoms. The molecular formula is C22H24ClN5. The smallest absolute Gasteiger partial charge is 0.102 e. The lowest BCUT2D eigenvalue weighted by Crippen LogP contribution is -2.40. The van der Waals surface area contributed by atoms with Gasteiger partial charge in [-0.25, -0.2) is 0 Å². The van der Waals surface area contributed by atoms with E-state index >= 15 is 0 Å². The maximum Gasteiger partial charge on any atom is 0.102 e. The lowest BCUT2D eigenvalue weighted by molar-refractivity contribution is 0.234. The van der Waals surface area contributed by atoms with Gasteiger partial charge in [-0.3, -0.25) is 4.98 Å². The molecule has 0 unspecified atom stereocenters. The van der Waals surface area contributed by atoms with E-state index in [0.717, 1.165) is 47.4 Å². The van der Waals surface area contributed by atoms with Gasteiger partial charge in [0.05, 0.1) is 21.8 Å². The fourth-order valence-corrected chi connectivity index (χ4v) is 4.35. The number of fused-ring (bicyclic) bond motifs is 1. The van der Waals surface area contributed by atoms with Gasteiger partial charge in [-0.2, -0.15) is 5.26 Å². The van der Waals surface area contributed by atoms with Crippen molar-refractivity contribution >= 4 is 22.5 Å². The quantitative estimate of drug-likeness (QED) is 0.729. The highest BCUT2D eigenvalue weighted by atomic mass is 35.5. The van der Waals surface area contributed by atoms with Crippen LogP contribution in [0.4, 0.5) is 0 Å². The van der Waals surface area contributed by atoms with Gasteiger partial charge in [0, 0.05) is 43.0 Å². The average molecular weight is 394 g/mol. The lowest BCUT2D eigenvalue weighted by Gasteiger charge is -2.29. The zero-order chi connectivity index (χ0) is 19.7. The molecule has 28 heavy (non-hydrogen) atoms. The third-order valence-electron chi connectivity index (χ3n) is 5.67. The predicted molar refractivity (Wildman–Crippen MR) is 113 cm³/mol. The number of nitrogens with one attached hydrogen (secondary N) is 1. The molecule has 1 aliphatic rings. The fraction of sp³-hybridized carbons (Fsp3) is 0.364. The summed E-state index contributed by atoms with van der Waals surface area (Å²) in [4.78, 5) is 6.81. The van der Waals surface area contributed by atoms with Crippen LogP contribution in [0.1, 0.15) is 24.0 Å². The number of nitriles is 1. The molecule has 3 heterocycles. The number of rotatable bonds is 4. The Labute approximate surface area is 170 Å². The van der Waals surface area contributed by atoms with E-state index in [1.54, 1.807) is 0 Å². The molecule has 1 aromatic carbocycles. The van der Waals surface area contributed by atoms with Gasteiger partial charge in [0.1, 0.15) is 6.07 Å². The maximum atomic E-state index is 9.82. The summed E-state index contributed by atoms with van der Waals surface area (Å²) in [5.74, 6) is 0. The lowest BCUT2D eigenvalue weighted by atomic mass is 10.0. The van der Waals surface area contributed by atoms with Crippen LogP contribution in [-0.4, -0.2) is 40.6 Å². The third kappa shape index (κ3) is 3.51. The van der Waals surface area contributed by atoms with Gasteiger partial charge in [0.25, 0.3) is 0 Å². The van der Waals surface area contributed by atoms with Crippen LogP contribution in [0.15, 0.2) is 36.7 Å². The molecule has 5 nitrogen and oxygen atoms in total. The molecule has 0 amide bonds. The zero-order valence-electron chi connectivity index (χ0n) is 16.2. The van der Waals surface area contributed by atoms with Gasteiger partial charge >= 0.3 is 0 Å². The Morgan fingerprint density at radius 1 is 1.25 bits per heavy atom. The van der Waals surface area contributed by atoms with Gasteiger partial charge in [0.2, 0.25) is 0 Å². The van der Waals surface area contributed by atoms with Crippen molar-refractivity contribution in [2.75, 3.05) is 20.1 Å². The predicted octanol–water partition coefficient (Wildman–Crippen LogP) is 3.95. The summed E-state index contributed by atoms with van der Waals surface area (Å²) in [6.07, 6.45) is 6.06. The number of nitrogens with zero attached hydrogens (tertiary/aromatic N) is 4. The van der Waals surface area contributed by atoms with E-state index in [2.05, 4.69) is 34.4 Å². The van der Waals surface area contributed by atoms with Crippen LogP contribution in [-0.2, 0) is 13.6 Å². The number of piperidine rings is 1. The molecule has 0 saturated carbocycles. The van der Waals surface area contributed by atoms with Gasteiger partial charge in [-0.1, -0.05) is 17.7 Å². The van der Waals surface area contributed by atoms with Crippen molar-refractivity contribution in [2.45, 2.75) is 25.4 Å². The third-order valence-corrected chi connectivity index (χ3v) is 5.98. The van der Waals surface area contributed by atoms with Gasteiger partial charge in [-0.15, -0.1) is 0 Å². The molecule has 2 aromatic heterocycles. The van der Waals surface area contributed by atoms with Crippen LogP contribution >= 0.6 is 11.6 Å². The van der Waals surface area contributed by atoms with E-state index in [-0.39, 0.29) is 0 Å². The summed E-state index contributed by atoms with van der Waals surface area (Å²) < 4.78 is 2.03. The molecule has 4 rings (SSSR count). The van der Waals surface area contributed by atoms with Crippen molar-refractivity contribution < 1.29 is 0 Å². The fourth-order valence-electron chi connectivity index (χ4n) is 4.08. The summed E-state index contributed by atoms with van der Waals surface area (Å²) in [5.41, 5.74) is 4.48. The Bertz CT molecular complexity index is 1040. The molecule has 0 radical (unpaired) electrons. The van der Waals surface area contributed by atoms with E-state index in [9.17, 15) is 5.26 Å². The first-order valence-electron chi connectivity index (χ1n) is 9.61. The van der Waals surface area contributed by atoms with E-state index in [1.807, 2.05) is 42.2 Å². The first-order chi connectivity index (χ1) is 13.6. The highest BCUT2D eigenvalue weighted by Crippen LogP contribution is 2.36. The number of aryl methyl sites for hydroxylation is 1. The number of likely N-dealkylation sites (tertiary alicyclic amines) is 1. The number of halogens is 1. The van der Waals surface area contributed by atoms with Crippen molar-refractivity contribution in [3.8, 4) is 17.3 Å². The molecule has 1 fully saturated rings. The molecule has 0 bridgehead atoms. The van der Waals surface area contributed by atoms with Gasteiger partial charge in [-0.05, 0) is 56.7 Å². The Balaban J connectivity index is 1.64. The second-order valence-corrected chi connectivity index (χ2v) is 7.98. The summed E-state index contributed by atoms with van der Waals surface area (Å²) in [5, 5.41) is 14.9. The van der Waals surface area contributed by atoms with Crippen LogP contribution in [0.3, 0.4) is 0 Å². The average Bonchev–Trinajstić information content (AvgIpc) is 3.01. The highest BCUT2D eigenvalue weighted by Gasteiger charge is 2.20. The number of pyridine rings is 1. The summed E-state index contributed by atoms with van der Waals surface area (Å²) >= 11 is 6.40. The molecular weight excluding hydrogens is 370 g/mol. The van der Waals surface area contributed by atoms with Crippen LogP contribution in [0, 0.1) is 11.3 Å². The Kier molecular flexibility index (Phi) is 5.36. The minimum absolute atomic E-state index is 0.547. The summed E-state index contributed by atoms with van der Waals surface area (Å²) in [6, 6.07) is 10.8. The van der Waals surface area contributed by atoms with Crippen molar-refractivity contribution in [1.82, 2.24) is 19.8 Å². The van der Waals surface area contributed by atoms with E-state index in [1.165, 1.54) is 12.8 Å². The summed E-state index contributed by atoms with van der Waals surface area (Å²) in [6.45, 7) is 3.05. The van der Waals surface area contributed by atoms with Crippen molar-refractivity contribution in [3.05, 3.63) is 52.8 Å². The maximum absolute atomic E-state index is 9.82. The normalized spacial score (nSPS) is 15.8. The first kappa shape index (κ1) is 18.9. The van der Waals surface area contributed by atoms with E-state index in [0.29, 0.717) is 16.6 Å². The minimum atomic E-state index is 0.547. The van der Waals surface area contributed by atoms with Crippen LogP contribution in [0.25, 0.3) is 22.2 Å². The van der Waals surface area contributed by atoms with Crippen molar-refractivity contribution in [1.29, 1.82) is 5.26 Å². The zero-order valence-corrected chi connectivity index (χ0v) is 17.0. The second kappa shape index (κ2) is 7.92. The van der Waals surface area contributed by atoms with Crippen molar-refractivity contribution in [3.63, 3.8) is 0 Å². The minimum Gasteiger partial charge on any atom is -0.342 e. The Hall–Kier alpha value is -2.39. The SMILES string of the molecule is CN1CCC(NCc2cncc(-c3c(C#N)c4c(Cl)cccc4n3C)c2)CC1. The molecule has 1 aliphatic heterocycles. The number of hydrogen-bond donors (Lipinski definition) is 1. The molecule has 144 valence electrons. The molecule has 1 N–H and O–H groups in total. The second-order valence-electron chi connectivity index (χ2n) is 7.57. The largest absolute Gasteiger partial charge is 0.342 e. The molecule has 0 spiro atoms. The van der Waals surface area contributed by atoms with Crippen LogP contribution < -0.4 is 5.32 Å². The Morgan fingerprint density at radius 3 is 2.79 bits per heavy atom. The Morgan fingerprint density at radius 2 is 2.04 bits per heavy atom. The molecule has 0 atom stereocenters. The number of benzene rings is 1. The van der Waals surface area contributed by atoms with Crippen LogP contribution in [0.5, 0.6) is 0 Å². The standard InChI is InChI=1S/C22H24ClN5/c1-27-8-6-17(7-9-27)26-13-15-10-16(14-25-12-15)22-18(11-24)21-19(23)4-3-5-20(21)28(22)2/h3-5,10,12,14,17,26H,6-9,13H2,1-2H3. The van der Waals surface area contributed by atoms with Gasteiger partial charge in [0.15, 0.2) is 0 Å². The number of hydrogen-bond acceptors (Lipinski definition) is 4. The van der Waals surface area contributed by atoms with E-state index in [4.69, 9.17) is 11.6 Å². The van der Waals surface area contributed by atoms with E-state index < -0.39 is 0 Å². The topological polar surface area (TPSA) is 56.9 Å². The monoisotopic (exact) mass is 393 g/mol.